The van der Waals surface area contributed by atoms with Crippen LogP contribution in [0.2, 0.25) is 10.0 Å². The molecule has 0 bridgehead atoms. The SMILES string of the molecule is COc1cc(C=Nn2c(C(C)C)nc3ccc(Br)cc3c2=O)c(Br)c(Cl)c1OCc1ccc(Cl)cc1. The van der Waals surface area contributed by atoms with Crippen molar-refractivity contribution in [1.29, 1.82) is 0 Å². The third-order valence-corrected chi connectivity index (χ3v) is 7.52. The molecule has 0 atom stereocenters. The molecule has 4 aromatic rings. The fourth-order valence-corrected chi connectivity index (χ4v) is 4.63. The van der Waals surface area contributed by atoms with E-state index in [4.69, 9.17) is 32.7 Å². The number of ether oxygens (including phenoxy) is 2. The van der Waals surface area contributed by atoms with Gasteiger partial charge in [0.1, 0.15) is 17.5 Å². The monoisotopic (exact) mass is 651 g/mol. The summed E-state index contributed by atoms with van der Waals surface area (Å²) in [5, 5.41) is 5.92. The molecule has 0 fully saturated rings. The molecule has 36 heavy (non-hydrogen) atoms. The van der Waals surface area contributed by atoms with Crippen molar-refractivity contribution in [2.24, 2.45) is 5.10 Å². The van der Waals surface area contributed by atoms with Crippen molar-refractivity contribution in [2.75, 3.05) is 7.11 Å². The van der Waals surface area contributed by atoms with Gasteiger partial charge in [-0.2, -0.15) is 9.78 Å². The highest BCUT2D eigenvalue weighted by Crippen LogP contribution is 2.42. The standard InChI is InChI=1S/C26H21Br2Cl2N3O3/c1-14(2)25-32-20-9-6-17(27)11-19(20)26(34)33(25)31-12-16-10-21(35-3)24(23(30)22(16)28)36-13-15-4-7-18(29)8-5-15/h4-12,14H,13H2,1-3H3. The highest BCUT2D eigenvalue weighted by Gasteiger charge is 2.18. The van der Waals surface area contributed by atoms with Crippen molar-refractivity contribution >= 4 is 72.2 Å². The first-order valence-electron chi connectivity index (χ1n) is 10.9. The van der Waals surface area contributed by atoms with Crippen molar-refractivity contribution in [3.63, 3.8) is 0 Å². The Bertz CT molecular complexity index is 1520. The third-order valence-electron chi connectivity index (χ3n) is 5.33. The van der Waals surface area contributed by atoms with E-state index in [0.29, 0.717) is 48.3 Å². The Kier molecular flexibility index (Phi) is 8.40. The van der Waals surface area contributed by atoms with Gasteiger partial charge in [-0.25, -0.2) is 4.98 Å². The summed E-state index contributed by atoms with van der Waals surface area (Å²) in [5.74, 6) is 1.32. The Labute approximate surface area is 235 Å². The molecule has 0 N–H and O–H groups in total. The predicted molar refractivity (Wildman–Crippen MR) is 152 cm³/mol. The number of halogens is 4. The summed E-state index contributed by atoms with van der Waals surface area (Å²) in [4.78, 5) is 18.0. The van der Waals surface area contributed by atoms with Crippen LogP contribution < -0.4 is 15.0 Å². The molecule has 0 saturated carbocycles. The van der Waals surface area contributed by atoms with Gasteiger partial charge in [0.2, 0.25) is 0 Å². The molecule has 0 aliphatic rings. The zero-order valence-electron chi connectivity index (χ0n) is 19.6. The van der Waals surface area contributed by atoms with E-state index in [0.717, 1.165) is 10.0 Å². The molecule has 0 spiro atoms. The minimum atomic E-state index is -0.265. The summed E-state index contributed by atoms with van der Waals surface area (Å²) in [6, 6.07) is 14.5. The lowest BCUT2D eigenvalue weighted by Gasteiger charge is -2.15. The van der Waals surface area contributed by atoms with E-state index in [2.05, 4.69) is 41.9 Å². The highest BCUT2D eigenvalue weighted by molar-refractivity contribution is 9.10. The van der Waals surface area contributed by atoms with E-state index in [-0.39, 0.29) is 18.1 Å². The smallest absolute Gasteiger partial charge is 0.282 e. The lowest BCUT2D eigenvalue weighted by molar-refractivity contribution is 0.284. The predicted octanol–water partition coefficient (Wildman–Crippen LogP) is 7.82. The average molecular weight is 654 g/mol. The number of hydrogen-bond acceptors (Lipinski definition) is 5. The first-order chi connectivity index (χ1) is 17.2. The summed E-state index contributed by atoms with van der Waals surface area (Å²) in [6.07, 6.45) is 1.54. The molecule has 4 rings (SSSR count). The topological polar surface area (TPSA) is 65.7 Å². The van der Waals surface area contributed by atoms with Gasteiger partial charge in [-0.1, -0.05) is 65.1 Å². The van der Waals surface area contributed by atoms with Crippen LogP contribution in [0, 0.1) is 0 Å². The number of rotatable bonds is 7. The van der Waals surface area contributed by atoms with Crippen molar-refractivity contribution in [1.82, 2.24) is 9.66 Å². The summed E-state index contributed by atoms with van der Waals surface area (Å²) in [5.41, 5.74) is 1.88. The maximum absolute atomic E-state index is 13.3. The molecular weight excluding hydrogens is 633 g/mol. The second kappa shape index (κ2) is 11.3. The van der Waals surface area contributed by atoms with Gasteiger partial charge in [-0.15, -0.1) is 0 Å². The minimum Gasteiger partial charge on any atom is -0.493 e. The molecule has 0 saturated heterocycles. The van der Waals surface area contributed by atoms with Gasteiger partial charge in [0.05, 0.1) is 24.2 Å². The van der Waals surface area contributed by atoms with E-state index in [1.807, 2.05) is 38.1 Å². The Morgan fingerprint density at radius 3 is 2.50 bits per heavy atom. The Morgan fingerprint density at radius 2 is 1.83 bits per heavy atom. The van der Waals surface area contributed by atoms with Crippen LogP contribution in [0.5, 0.6) is 11.5 Å². The molecule has 6 nitrogen and oxygen atoms in total. The van der Waals surface area contributed by atoms with Crippen molar-refractivity contribution in [3.8, 4) is 11.5 Å². The molecule has 0 aliphatic carbocycles. The number of aromatic nitrogens is 2. The van der Waals surface area contributed by atoms with Gasteiger partial charge in [0, 0.05) is 25.4 Å². The van der Waals surface area contributed by atoms with E-state index < -0.39 is 0 Å². The molecule has 10 heteroatoms. The van der Waals surface area contributed by atoms with Crippen LogP contribution in [0.15, 0.2) is 67.4 Å². The summed E-state index contributed by atoms with van der Waals surface area (Å²) in [6.45, 7) is 4.20. The molecular formula is C26H21Br2Cl2N3O3. The largest absolute Gasteiger partial charge is 0.493 e. The molecule has 186 valence electrons. The molecule has 1 heterocycles. The van der Waals surface area contributed by atoms with Gasteiger partial charge in [-0.05, 0) is 57.9 Å². The lowest BCUT2D eigenvalue weighted by atomic mass is 10.2. The molecule has 0 unspecified atom stereocenters. The van der Waals surface area contributed by atoms with Crippen LogP contribution in [-0.4, -0.2) is 23.0 Å². The second-order valence-corrected chi connectivity index (χ2v) is 10.7. The van der Waals surface area contributed by atoms with Gasteiger partial charge < -0.3 is 9.47 Å². The maximum Gasteiger partial charge on any atom is 0.282 e. The number of nitrogens with zero attached hydrogens (tertiary/aromatic N) is 3. The van der Waals surface area contributed by atoms with Gasteiger partial charge in [0.15, 0.2) is 11.5 Å². The van der Waals surface area contributed by atoms with Crippen LogP contribution in [-0.2, 0) is 6.61 Å². The maximum atomic E-state index is 13.3. The molecule has 0 aliphatic heterocycles. The van der Waals surface area contributed by atoms with Crippen molar-refractivity contribution in [2.45, 2.75) is 26.4 Å². The first-order valence-corrected chi connectivity index (χ1v) is 13.2. The Hall–Kier alpha value is -2.39. The average Bonchev–Trinajstić information content (AvgIpc) is 2.86. The first kappa shape index (κ1) is 26.7. The normalized spacial score (nSPS) is 11.6. The van der Waals surface area contributed by atoms with Crippen molar-refractivity contribution in [3.05, 3.63) is 94.8 Å². The van der Waals surface area contributed by atoms with E-state index in [1.54, 1.807) is 30.5 Å². The third kappa shape index (κ3) is 5.62. The fraction of sp³-hybridized carbons (Fsp3) is 0.192. The molecule has 0 amide bonds. The lowest BCUT2D eigenvalue weighted by Crippen LogP contribution is -2.23. The van der Waals surface area contributed by atoms with Crippen molar-refractivity contribution < 1.29 is 9.47 Å². The van der Waals surface area contributed by atoms with Crippen LogP contribution >= 0.6 is 55.1 Å². The molecule has 1 aromatic heterocycles. The zero-order valence-corrected chi connectivity index (χ0v) is 24.2. The van der Waals surface area contributed by atoms with E-state index in [1.165, 1.54) is 11.8 Å². The number of hydrogen-bond donors (Lipinski definition) is 0. The van der Waals surface area contributed by atoms with Gasteiger partial charge in [0.25, 0.3) is 5.56 Å². The fourth-order valence-electron chi connectivity index (χ4n) is 3.49. The van der Waals surface area contributed by atoms with E-state index in [9.17, 15) is 4.79 Å². The Morgan fingerprint density at radius 1 is 1.11 bits per heavy atom. The number of benzene rings is 3. The Balaban J connectivity index is 1.73. The number of fused-ring (bicyclic) bond motifs is 1. The summed E-state index contributed by atoms with van der Waals surface area (Å²) < 4.78 is 14.2. The van der Waals surface area contributed by atoms with Gasteiger partial charge in [-0.3, -0.25) is 4.79 Å². The number of methoxy groups -OCH3 is 1. The highest BCUT2D eigenvalue weighted by atomic mass is 79.9. The minimum absolute atomic E-state index is 0.0342. The summed E-state index contributed by atoms with van der Waals surface area (Å²) >= 11 is 19.6. The van der Waals surface area contributed by atoms with Gasteiger partial charge >= 0.3 is 0 Å². The van der Waals surface area contributed by atoms with Crippen LogP contribution in [0.3, 0.4) is 0 Å². The van der Waals surface area contributed by atoms with E-state index >= 15 is 0 Å². The second-order valence-electron chi connectivity index (χ2n) is 8.19. The van der Waals surface area contributed by atoms with Crippen LogP contribution in [0.4, 0.5) is 0 Å². The zero-order chi connectivity index (χ0) is 26.0. The van der Waals surface area contributed by atoms with Crippen LogP contribution in [0.1, 0.15) is 36.7 Å². The van der Waals surface area contributed by atoms with Crippen LogP contribution in [0.25, 0.3) is 10.9 Å². The quantitative estimate of drug-likeness (QED) is 0.191. The summed E-state index contributed by atoms with van der Waals surface area (Å²) in [7, 11) is 1.53. The molecule has 0 radical (unpaired) electrons. The molecule has 3 aromatic carbocycles.